The summed E-state index contributed by atoms with van der Waals surface area (Å²) in [5.74, 6) is -0.152. The lowest BCUT2D eigenvalue weighted by Gasteiger charge is -2.39. The molecular weight excluding hydrogens is 438 g/mol. The van der Waals surface area contributed by atoms with E-state index >= 15 is 0 Å². The fourth-order valence-corrected chi connectivity index (χ4v) is 5.34. The minimum absolute atomic E-state index is 0.0960. The van der Waals surface area contributed by atoms with Gasteiger partial charge in [0.15, 0.2) is 0 Å². The Morgan fingerprint density at radius 2 is 1.79 bits per heavy atom. The molecule has 0 saturated heterocycles. The first-order valence-corrected chi connectivity index (χ1v) is 11.0. The molecule has 2 aromatic rings. The summed E-state index contributed by atoms with van der Waals surface area (Å²) < 4.78 is 5.25. The van der Waals surface area contributed by atoms with Crippen LogP contribution in [0.2, 0.25) is 0 Å². The predicted octanol–water partition coefficient (Wildman–Crippen LogP) is 4.97. The van der Waals surface area contributed by atoms with Gasteiger partial charge in [-0.25, -0.2) is 4.79 Å². The second-order valence-electron chi connectivity index (χ2n) is 9.62. The topological polar surface area (TPSA) is 120 Å². The number of nitro groups is 1. The third kappa shape index (κ3) is 3.52. The van der Waals surface area contributed by atoms with Gasteiger partial charge in [-0.3, -0.25) is 14.9 Å². The van der Waals surface area contributed by atoms with Crippen LogP contribution in [0.3, 0.4) is 0 Å². The zero-order valence-electron chi connectivity index (χ0n) is 19.6. The Morgan fingerprint density at radius 3 is 2.44 bits per heavy atom. The first-order valence-electron chi connectivity index (χ1n) is 11.0. The van der Waals surface area contributed by atoms with Gasteiger partial charge in [0.05, 0.1) is 28.7 Å². The van der Waals surface area contributed by atoms with Gasteiger partial charge in [-0.1, -0.05) is 32.0 Å². The molecule has 2 aliphatic carbocycles. The lowest BCUT2D eigenvalue weighted by Crippen LogP contribution is -2.43. The molecule has 0 aliphatic heterocycles. The lowest BCUT2D eigenvalue weighted by molar-refractivity contribution is -0.384. The molecule has 2 bridgehead atoms. The van der Waals surface area contributed by atoms with E-state index in [2.05, 4.69) is 31.2 Å². The van der Waals surface area contributed by atoms with E-state index in [-0.39, 0.29) is 17.2 Å². The van der Waals surface area contributed by atoms with E-state index in [4.69, 9.17) is 9.57 Å². The van der Waals surface area contributed by atoms with Gasteiger partial charge in [0.1, 0.15) is 5.75 Å². The fourth-order valence-electron chi connectivity index (χ4n) is 5.34. The molecule has 0 aromatic heterocycles. The quantitative estimate of drug-likeness (QED) is 0.365. The van der Waals surface area contributed by atoms with Gasteiger partial charge in [0.25, 0.3) is 5.69 Å². The number of rotatable bonds is 6. The Labute approximate surface area is 197 Å². The Bertz CT molecular complexity index is 1190. The number of anilines is 1. The van der Waals surface area contributed by atoms with Crippen molar-refractivity contribution in [2.24, 2.45) is 21.4 Å². The molecule has 4 rings (SSSR count). The van der Waals surface area contributed by atoms with E-state index in [1.165, 1.54) is 24.3 Å². The van der Waals surface area contributed by atoms with Crippen LogP contribution in [-0.2, 0) is 9.63 Å². The second-order valence-corrected chi connectivity index (χ2v) is 9.62. The summed E-state index contributed by atoms with van der Waals surface area (Å²) in [5, 5.41) is 18.1. The van der Waals surface area contributed by atoms with Crippen molar-refractivity contribution in [3.05, 3.63) is 64.2 Å². The Morgan fingerprint density at radius 1 is 1.09 bits per heavy atom. The van der Waals surface area contributed by atoms with Crippen molar-refractivity contribution in [3.63, 3.8) is 0 Å². The van der Waals surface area contributed by atoms with Crippen molar-refractivity contribution < 1.29 is 24.1 Å². The monoisotopic (exact) mass is 465 g/mol. The highest BCUT2D eigenvalue weighted by atomic mass is 16.7. The molecule has 1 N–H and O–H groups in total. The van der Waals surface area contributed by atoms with Crippen molar-refractivity contribution in [2.75, 3.05) is 12.4 Å². The molecule has 1 amide bonds. The van der Waals surface area contributed by atoms with Crippen molar-refractivity contribution in [1.29, 1.82) is 0 Å². The molecule has 9 nitrogen and oxygen atoms in total. The van der Waals surface area contributed by atoms with E-state index in [0.717, 1.165) is 6.42 Å². The van der Waals surface area contributed by atoms with Crippen LogP contribution in [-0.4, -0.2) is 29.6 Å². The highest BCUT2D eigenvalue weighted by Gasteiger charge is 2.71. The number of ether oxygens (including phenoxy) is 1. The fraction of sp³-hybridized carbons (Fsp3) is 0.400. The van der Waals surface area contributed by atoms with Gasteiger partial charge in [-0.15, -0.1) is 0 Å². The molecule has 2 aliphatic rings. The Balaban J connectivity index is 1.55. The first-order chi connectivity index (χ1) is 16.0. The summed E-state index contributed by atoms with van der Waals surface area (Å²) in [4.78, 5) is 41.6. The maximum Gasteiger partial charge on any atom is 0.365 e. The Kier molecular flexibility index (Phi) is 5.67. The molecule has 2 saturated carbocycles. The zero-order chi connectivity index (χ0) is 24.7. The molecule has 0 spiro atoms. The number of nitrogens with one attached hydrogen (secondary N) is 1. The first kappa shape index (κ1) is 23.4. The smallest absolute Gasteiger partial charge is 0.365 e. The van der Waals surface area contributed by atoms with Crippen molar-refractivity contribution >= 4 is 29.0 Å². The average Bonchev–Trinajstić information content (AvgIpc) is 3.13. The number of hydrogen-bond donors (Lipinski definition) is 1. The van der Waals surface area contributed by atoms with Gasteiger partial charge < -0.3 is 14.9 Å². The van der Waals surface area contributed by atoms with E-state index in [1.54, 1.807) is 13.2 Å². The summed E-state index contributed by atoms with van der Waals surface area (Å²) in [6, 6.07) is 12.3. The van der Waals surface area contributed by atoms with Crippen molar-refractivity contribution in [1.82, 2.24) is 0 Å². The molecule has 34 heavy (non-hydrogen) atoms. The summed E-state index contributed by atoms with van der Waals surface area (Å²) in [5.41, 5.74) is -0.195. The van der Waals surface area contributed by atoms with Crippen LogP contribution in [0.15, 0.2) is 53.7 Å². The van der Waals surface area contributed by atoms with Gasteiger partial charge >= 0.3 is 5.97 Å². The standard InChI is InChI=1S/C25H27N3O6/c1-23(2)24(3)12-13-25(23,22(30)26-17-6-5-7-19(14-17)33-4)15-20(24)27-34-21(29)16-8-10-18(11-9-16)28(31)32/h5-11,14H,12-13,15H2,1-4H3,(H,26,30). The SMILES string of the molecule is COc1cccc(NC(=O)C23CCC(C)(C(=NOC(=O)c4ccc([N+](=O)[O-])cc4)C2)C3(C)C)c1. The number of hydrogen-bond acceptors (Lipinski definition) is 7. The van der Waals surface area contributed by atoms with Crippen LogP contribution in [0.25, 0.3) is 0 Å². The van der Waals surface area contributed by atoms with E-state index in [0.29, 0.717) is 30.0 Å². The number of carbonyl (C=O) groups is 2. The third-order valence-electron chi connectivity index (χ3n) is 8.05. The molecule has 2 fully saturated rings. The summed E-state index contributed by atoms with van der Waals surface area (Å²) in [6.45, 7) is 6.18. The highest BCUT2D eigenvalue weighted by molar-refractivity contribution is 6.06. The number of carbonyl (C=O) groups excluding carboxylic acids is 2. The molecular formula is C25H27N3O6. The summed E-state index contributed by atoms with van der Waals surface area (Å²) >= 11 is 0. The summed E-state index contributed by atoms with van der Waals surface area (Å²) in [7, 11) is 1.57. The molecule has 2 unspecified atom stereocenters. The molecule has 2 atom stereocenters. The van der Waals surface area contributed by atoms with Gasteiger partial charge in [0.2, 0.25) is 5.91 Å². The van der Waals surface area contributed by atoms with Crippen molar-refractivity contribution in [2.45, 2.75) is 40.0 Å². The van der Waals surface area contributed by atoms with Gasteiger partial charge in [0, 0.05) is 35.7 Å². The van der Waals surface area contributed by atoms with Crippen LogP contribution in [0.4, 0.5) is 11.4 Å². The number of methoxy groups -OCH3 is 1. The molecule has 178 valence electrons. The van der Waals surface area contributed by atoms with Crippen LogP contribution in [0.1, 0.15) is 50.4 Å². The minimum Gasteiger partial charge on any atom is -0.497 e. The number of benzene rings is 2. The number of oxime groups is 1. The average molecular weight is 466 g/mol. The maximum atomic E-state index is 13.6. The second kappa shape index (κ2) is 8.23. The number of nitrogens with zero attached hydrogens (tertiary/aromatic N) is 2. The van der Waals surface area contributed by atoms with Crippen LogP contribution in [0.5, 0.6) is 5.75 Å². The van der Waals surface area contributed by atoms with Gasteiger partial charge in [-0.2, -0.15) is 0 Å². The zero-order valence-corrected chi connectivity index (χ0v) is 19.6. The number of nitro benzene ring substituents is 1. The van der Waals surface area contributed by atoms with Crippen LogP contribution in [0, 0.1) is 26.4 Å². The normalized spacial score (nSPS) is 25.7. The summed E-state index contributed by atoms with van der Waals surface area (Å²) in [6.07, 6.45) is 1.81. The number of non-ortho nitro benzene ring substituents is 1. The highest BCUT2D eigenvalue weighted by Crippen LogP contribution is 2.71. The van der Waals surface area contributed by atoms with Gasteiger partial charge in [-0.05, 0) is 42.5 Å². The predicted molar refractivity (Wildman–Crippen MR) is 126 cm³/mol. The van der Waals surface area contributed by atoms with E-state index in [1.807, 2.05) is 18.2 Å². The van der Waals surface area contributed by atoms with Crippen molar-refractivity contribution in [3.8, 4) is 5.75 Å². The lowest BCUT2D eigenvalue weighted by atomic mass is 9.64. The molecule has 2 aromatic carbocycles. The largest absolute Gasteiger partial charge is 0.497 e. The molecule has 0 heterocycles. The van der Waals surface area contributed by atoms with Crippen LogP contribution >= 0.6 is 0 Å². The number of fused-ring (bicyclic) bond motifs is 2. The third-order valence-corrected chi connectivity index (χ3v) is 8.05. The molecule has 9 heteroatoms. The van der Waals surface area contributed by atoms with Crippen LogP contribution < -0.4 is 10.1 Å². The minimum atomic E-state index is -0.707. The molecule has 0 radical (unpaired) electrons. The Hall–Kier alpha value is -3.75. The maximum absolute atomic E-state index is 13.6. The van der Waals surface area contributed by atoms with E-state index in [9.17, 15) is 19.7 Å². The van der Waals surface area contributed by atoms with E-state index < -0.39 is 27.1 Å². The number of amides is 1.